The molecular weight excluding hydrogens is 513 g/mol. The first-order valence-electron chi connectivity index (χ1n) is 9.25. The van der Waals surface area contributed by atoms with Gasteiger partial charge in [0.2, 0.25) is 15.9 Å². The number of nitrogens with zero attached hydrogens (tertiary/aromatic N) is 3. The van der Waals surface area contributed by atoms with Crippen molar-refractivity contribution in [2.75, 3.05) is 43.4 Å². The Hall–Kier alpha value is -0.530. The second kappa shape index (κ2) is 11.6. The summed E-state index contributed by atoms with van der Waals surface area (Å²) < 4.78 is 32.1. The first-order valence-corrected chi connectivity index (χ1v) is 12.0. The molecule has 0 aromatic carbocycles. The van der Waals surface area contributed by atoms with Gasteiger partial charge in [0.15, 0.2) is 5.96 Å². The van der Waals surface area contributed by atoms with E-state index in [1.165, 1.54) is 0 Å². The predicted octanol–water partition coefficient (Wildman–Crippen LogP) is 2.02. The molecule has 1 aromatic heterocycles. The van der Waals surface area contributed by atoms with Gasteiger partial charge >= 0.3 is 0 Å². The normalized spacial score (nSPS) is 16.5. The van der Waals surface area contributed by atoms with Crippen LogP contribution in [0.3, 0.4) is 0 Å². The molecule has 2 N–H and O–H groups in total. The first-order chi connectivity index (χ1) is 12.7. The highest BCUT2D eigenvalue weighted by Crippen LogP contribution is 2.22. The fourth-order valence-corrected chi connectivity index (χ4v) is 4.96. The van der Waals surface area contributed by atoms with Crippen molar-refractivity contribution in [3.05, 3.63) is 17.8 Å². The zero-order valence-corrected chi connectivity index (χ0v) is 21.0. The van der Waals surface area contributed by atoms with Crippen molar-refractivity contribution in [3.8, 4) is 0 Å². The standard InChI is InChI=1S/C17H31N5O3S2.HI/c1-5-18-16(21-13-15-20-12-14(25-15)17(2,3)4)19-6-11-27(23,24)22-7-9-26-10-8-22;/h12H,5-11,13H2,1-4H3,(H2,18,19,21);1H. The van der Waals surface area contributed by atoms with E-state index in [0.29, 0.717) is 44.6 Å². The molecule has 2 heterocycles. The number of aliphatic imine (C=N–C) groups is 1. The molecule has 0 aliphatic carbocycles. The van der Waals surface area contributed by atoms with Crippen LogP contribution < -0.4 is 10.6 Å². The Morgan fingerprint density at radius 1 is 1.32 bits per heavy atom. The highest BCUT2D eigenvalue weighted by molar-refractivity contribution is 14.0. The molecule has 0 spiro atoms. The molecule has 8 nitrogen and oxygen atoms in total. The lowest BCUT2D eigenvalue weighted by Crippen LogP contribution is -2.44. The van der Waals surface area contributed by atoms with E-state index < -0.39 is 10.0 Å². The number of aromatic nitrogens is 1. The summed E-state index contributed by atoms with van der Waals surface area (Å²) in [6, 6.07) is 0. The van der Waals surface area contributed by atoms with Crippen molar-refractivity contribution in [3.63, 3.8) is 0 Å². The molecule has 1 saturated heterocycles. The zero-order valence-electron chi connectivity index (χ0n) is 17.0. The minimum Gasteiger partial charge on any atom is -0.443 e. The summed E-state index contributed by atoms with van der Waals surface area (Å²) in [4.78, 5) is 8.70. The van der Waals surface area contributed by atoms with Gasteiger partial charge in [-0.15, -0.1) is 24.0 Å². The number of halogens is 1. The van der Waals surface area contributed by atoms with E-state index in [4.69, 9.17) is 4.42 Å². The number of oxazole rings is 1. The monoisotopic (exact) mass is 545 g/mol. The number of hydrogen-bond donors (Lipinski definition) is 2. The molecule has 0 saturated carbocycles. The van der Waals surface area contributed by atoms with Crippen LogP contribution in [0.1, 0.15) is 39.3 Å². The van der Waals surface area contributed by atoms with Crippen molar-refractivity contribution in [2.24, 2.45) is 4.99 Å². The van der Waals surface area contributed by atoms with Gasteiger partial charge in [0, 0.05) is 43.1 Å². The van der Waals surface area contributed by atoms with Gasteiger partial charge in [0.05, 0.1) is 11.9 Å². The number of sulfonamides is 1. The Morgan fingerprint density at radius 2 is 2.00 bits per heavy atom. The minimum absolute atomic E-state index is 0. The van der Waals surface area contributed by atoms with Crippen LogP contribution in [0.4, 0.5) is 0 Å². The Morgan fingerprint density at radius 3 is 2.57 bits per heavy atom. The maximum absolute atomic E-state index is 12.4. The smallest absolute Gasteiger partial charge is 0.216 e. The molecule has 162 valence electrons. The van der Waals surface area contributed by atoms with Gasteiger partial charge in [-0.3, -0.25) is 0 Å². The maximum Gasteiger partial charge on any atom is 0.216 e. The summed E-state index contributed by atoms with van der Waals surface area (Å²) >= 11 is 1.79. The van der Waals surface area contributed by atoms with Crippen LogP contribution in [-0.2, 0) is 22.0 Å². The van der Waals surface area contributed by atoms with Crippen LogP contribution in [-0.4, -0.2) is 67.1 Å². The van der Waals surface area contributed by atoms with Crippen molar-refractivity contribution in [1.82, 2.24) is 19.9 Å². The zero-order chi connectivity index (χ0) is 19.9. The fraction of sp³-hybridized carbons (Fsp3) is 0.765. The van der Waals surface area contributed by atoms with E-state index in [1.807, 2.05) is 6.92 Å². The molecular formula is C17H32IN5O3S2. The van der Waals surface area contributed by atoms with Crippen LogP contribution >= 0.6 is 35.7 Å². The van der Waals surface area contributed by atoms with E-state index in [2.05, 4.69) is 41.4 Å². The van der Waals surface area contributed by atoms with Gasteiger partial charge in [-0.05, 0) is 6.92 Å². The lowest BCUT2D eigenvalue weighted by molar-refractivity contribution is 0.383. The third kappa shape index (κ3) is 8.07. The van der Waals surface area contributed by atoms with Crippen LogP contribution in [0.15, 0.2) is 15.6 Å². The average Bonchev–Trinajstić information content (AvgIpc) is 3.10. The summed E-state index contributed by atoms with van der Waals surface area (Å²) in [5, 5.41) is 6.19. The summed E-state index contributed by atoms with van der Waals surface area (Å²) in [7, 11) is -3.23. The summed E-state index contributed by atoms with van der Waals surface area (Å²) in [5.41, 5.74) is -0.0982. The van der Waals surface area contributed by atoms with E-state index in [1.54, 1.807) is 22.3 Å². The molecule has 1 fully saturated rings. The topological polar surface area (TPSA) is 99.8 Å². The van der Waals surface area contributed by atoms with Gasteiger partial charge in [-0.25, -0.2) is 22.7 Å². The second-order valence-corrected chi connectivity index (χ2v) is 10.6. The summed E-state index contributed by atoms with van der Waals surface area (Å²) in [6.45, 7) is 10.6. The second-order valence-electron chi connectivity index (χ2n) is 7.32. The third-order valence-corrected chi connectivity index (χ3v) is 6.84. The van der Waals surface area contributed by atoms with E-state index in [-0.39, 0.29) is 35.1 Å². The lowest BCUT2D eigenvalue weighted by atomic mass is 9.94. The van der Waals surface area contributed by atoms with Crippen LogP contribution in [0, 0.1) is 0 Å². The van der Waals surface area contributed by atoms with Crippen LogP contribution in [0.25, 0.3) is 0 Å². The van der Waals surface area contributed by atoms with E-state index >= 15 is 0 Å². The largest absolute Gasteiger partial charge is 0.443 e. The van der Waals surface area contributed by atoms with Crippen molar-refractivity contribution in [2.45, 2.75) is 39.7 Å². The van der Waals surface area contributed by atoms with Gasteiger partial charge in [0.1, 0.15) is 12.3 Å². The minimum atomic E-state index is -3.23. The molecule has 0 atom stereocenters. The molecule has 0 unspecified atom stereocenters. The lowest BCUT2D eigenvalue weighted by Gasteiger charge is -2.25. The quantitative estimate of drug-likeness (QED) is 0.307. The molecule has 0 amide bonds. The maximum atomic E-state index is 12.4. The van der Waals surface area contributed by atoms with Crippen molar-refractivity contribution in [1.29, 1.82) is 0 Å². The molecule has 0 radical (unpaired) electrons. The Kier molecular flexibility index (Phi) is 10.6. The molecule has 1 aliphatic rings. The number of rotatable bonds is 7. The van der Waals surface area contributed by atoms with Gasteiger partial charge in [-0.2, -0.15) is 11.8 Å². The highest BCUT2D eigenvalue weighted by atomic mass is 127. The van der Waals surface area contributed by atoms with Crippen molar-refractivity contribution < 1.29 is 12.8 Å². The van der Waals surface area contributed by atoms with E-state index in [0.717, 1.165) is 17.3 Å². The molecule has 0 bridgehead atoms. The Labute approximate surface area is 189 Å². The fourth-order valence-electron chi connectivity index (χ4n) is 2.47. The Bertz CT molecular complexity index is 725. The highest BCUT2D eigenvalue weighted by Gasteiger charge is 2.23. The van der Waals surface area contributed by atoms with Gasteiger partial charge < -0.3 is 15.1 Å². The van der Waals surface area contributed by atoms with Crippen LogP contribution in [0.2, 0.25) is 0 Å². The third-order valence-electron chi connectivity index (χ3n) is 4.03. The van der Waals surface area contributed by atoms with Gasteiger partial charge in [0.25, 0.3) is 0 Å². The van der Waals surface area contributed by atoms with Crippen molar-refractivity contribution >= 4 is 51.7 Å². The van der Waals surface area contributed by atoms with Gasteiger partial charge in [-0.1, -0.05) is 20.8 Å². The average molecular weight is 546 g/mol. The Balaban J connectivity index is 0.00000392. The number of guanidine groups is 1. The number of thioether (sulfide) groups is 1. The first kappa shape index (κ1) is 25.5. The van der Waals surface area contributed by atoms with Crippen LogP contribution in [0.5, 0.6) is 0 Å². The predicted molar refractivity (Wildman–Crippen MR) is 126 cm³/mol. The molecule has 1 aliphatic heterocycles. The molecule has 2 rings (SSSR count). The summed E-state index contributed by atoms with van der Waals surface area (Å²) in [5.74, 6) is 3.69. The number of hydrogen-bond acceptors (Lipinski definition) is 6. The summed E-state index contributed by atoms with van der Waals surface area (Å²) in [6.07, 6.45) is 1.73. The SMILES string of the molecule is CCNC(=NCc1ncc(C(C)(C)C)o1)NCCS(=O)(=O)N1CCSCC1.I. The molecule has 28 heavy (non-hydrogen) atoms. The molecule has 11 heteroatoms. The van der Waals surface area contributed by atoms with E-state index in [9.17, 15) is 8.42 Å². The number of nitrogens with one attached hydrogen (secondary N) is 2. The molecule has 1 aromatic rings.